The van der Waals surface area contributed by atoms with Gasteiger partial charge in [0.1, 0.15) is 5.15 Å². The smallest absolute Gasteiger partial charge is 0.388 e. The summed E-state index contributed by atoms with van der Waals surface area (Å²) >= 11 is 7.65. The third kappa shape index (κ3) is 4.29. The number of ether oxygens (including phenoxy) is 1. The zero-order valence-corrected chi connectivity index (χ0v) is 13.2. The molecule has 0 N–H and O–H groups in total. The molecule has 0 spiro atoms. The van der Waals surface area contributed by atoms with E-state index in [1.807, 2.05) is 42.2 Å². The number of aromatic nitrogens is 1. The van der Waals surface area contributed by atoms with Gasteiger partial charge in [0.15, 0.2) is 0 Å². The molecule has 0 saturated heterocycles. The molecule has 0 saturated carbocycles. The van der Waals surface area contributed by atoms with Gasteiger partial charge in [-0.05, 0) is 28.7 Å². The van der Waals surface area contributed by atoms with E-state index in [1.54, 1.807) is 6.07 Å². The van der Waals surface area contributed by atoms with E-state index >= 15 is 0 Å². The Kier molecular flexibility index (Phi) is 4.36. The maximum Gasteiger partial charge on any atom is 0.574 e. The molecule has 1 heterocycles. The van der Waals surface area contributed by atoms with Crippen molar-refractivity contribution in [2.45, 2.75) is 26.0 Å². The number of hydrogen-bond acceptors (Lipinski definition) is 2. The minimum atomic E-state index is -4.75. The largest absolute Gasteiger partial charge is 0.574 e. The lowest BCUT2D eigenvalue weighted by Gasteiger charge is -2.21. The molecular formula is C9H10ClF3INOSi. The highest BCUT2D eigenvalue weighted by molar-refractivity contribution is 14.1. The fraction of sp³-hybridized carbons (Fsp3) is 0.444. The molecule has 0 aliphatic rings. The Morgan fingerprint density at radius 1 is 1.35 bits per heavy atom. The summed E-state index contributed by atoms with van der Waals surface area (Å²) in [4.78, 5) is 3.67. The summed E-state index contributed by atoms with van der Waals surface area (Å²) in [6.07, 6.45) is -4.75. The molecule has 1 aromatic rings. The molecule has 2 nitrogen and oxygen atoms in total. The Morgan fingerprint density at radius 3 is 2.29 bits per heavy atom. The molecule has 0 amide bonds. The average molecular weight is 396 g/mol. The Morgan fingerprint density at radius 2 is 1.88 bits per heavy atom. The molecule has 1 aromatic heterocycles. The second-order valence-corrected chi connectivity index (χ2v) is 11.0. The summed E-state index contributed by atoms with van der Waals surface area (Å²) < 4.78 is 41.3. The number of hydrogen-bond donors (Lipinski definition) is 0. The lowest BCUT2D eigenvalue weighted by Crippen LogP contribution is -2.40. The first kappa shape index (κ1) is 15.0. The molecule has 0 bridgehead atoms. The minimum Gasteiger partial charge on any atom is -0.388 e. The average Bonchev–Trinajstić information content (AvgIpc) is 2.06. The summed E-state index contributed by atoms with van der Waals surface area (Å²) in [6.45, 7) is 5.74. The standard InChI is InChI=1S/C9H10ClF3INOSi/c1-17(2,3)6-4-5(14)7(10)15-8(6)16-9(11,12)13/h4H,1-3H3. The lowest BCUT2D eigenvalue weighted by atomic mass is 10.5. The molecule has 0 aliphatic heterocycles. The van der Waals surface area contributed by atoms with Gasteiger partial charge in [-0.25, -0.2) is 4.98 Å². The fourth-order valence-corrected chi connectivity index (χ4v) is 3.36. The van der Waals surface area contributed by atoms with Crippen LogP contribution < -0.4 is 9.92 Å². The number of nitrogens with zero attached hydrogens (tertiary/aromatic N) is 1. The highest BCUT2D eigenvalue weighted by Crippen LogP contribution is 2.25. The van der Waals surface area contributed by atoms with E-state index in [2.05, 4.69) is 9.72 Å². The van der Waals surface area contributed by atoms with E-state index in [0.717, 1.165) is 0 Å². The minimum absolute atomic E-state index is 0.0202. The maximum absolute atomic E-state index is 12.3. The van der Waals surface area contributed by atoms with Crippen molar-refractivity contribution in [1.29, 1.82) is 0 Å². The second-order valence-electron chi connectivity index (χ2n) is 4.41. The van der Waals surface area contributed by atoms with Gasteiger partial charge in [-0.3, -0.25) is 0 Å². The topological polar surface area (TPSA) is 22.1 Å². The van der Waals surface area contributed by atoms with Gasteiger partial charge < -0.3 is 4.74 Å². The van der Waals surface area contributed by atoms with Crippen LogP contribution in [0.2, 0.25) is 24.8 Å². The summed E-state index contributed by atoms with van der Waals surface area (Å²) in [5.41, 5.74) is 0. The zero-order chi connectivity index (χ0) is 13.4. The van der Waals surface area contributed by atoms with Gasteiger partial charge in [0.2, 0.25) is 5.88 Å². The molecule has 0 aliphatic carbocycles. The molecule has 8 heteroatoms. The Balaban J connectivity index is 3.32. The molecule has 96 valence electrons. The van der Waals surface area contributed by atoms with Crippen LogP contribution in [0, 0.1) is 3.57 Å². The van der Waals surface area contributed by atoms with Crippen LogP contribution in [-0.4, -0.2) is 19.4 Å². The van der Waals surface area contributed by atoms with Gasteiger partial charge in [0.05, 0.1) is 11.6 Å². The molecule has 0 radical (unpaired) electrons. The third-order valence-corrected chi connectivity index (χ3v) is 5.32. The number of alkyl halides is 3. The molecule has 0 unspecified atom stereocenters. The highest BCUT2D eigenvalue weighted by atomic mass is 127. The van der Waals surface area contributed by atoms with Gasteiger partial charge >= 0.3 is 6.36 Å². The monoisotopic (exact) mass is 395 g/mol. The molecule has 17 heavy (non-hydrogen) atoms. The highest BCUT2D eigenvalue weighted by Gasteiger charge is 2.35. The van der Waals surface area contributed by atoms with E-state index in [-0.39, 0.29) is 5.15 Å². The number of pyridine rings is 1. The SMILES string of the molecule is C[Si](C)(C)c1cc(I)c(Cl)nc1OC(F)(F)F. The van der Waals surface area contributed by atoms with Crippen molar-refractivity contribution in [2.24, 2.45) is 0 Å². The van der Waals surface area contributed by atoms with Crippen LogP contribution in [0.25, 0.3) is 0 Å². The Labute approximate surface area is 117 Å². The van der Waals surface area contributed by atoms with E-state index in [0.29, 0.717) is 8.76 Å². The van der Waals surface area contributed by atoms with Crippen molar-refractivity contribution in [3.8, 4) is 5.88 Å². The van der Waals surface area contributed by atoms with Crippen LogP contribution >= 0.6 is 34.2 Å². The maximum atomic E-state index is 12.3. The van der Waals surface area contributed by atoms with Gasteiger partial charge in [-0.2, -0.15) is 0 Å². The second kappa shape index (κ2) is 4.92. The van der Waals surface area contributed by atoms with E-state index in [4.69, 9.17) is 11.6 Å². The van der Waals surface area contributed by atoms with Crippen molar-refractivity contribution >= 4 is 47.5 Å². The molecule has 1 rings (SSSR count). The van der Waals surface area contributed by atoms with Gasteiger partial charge in [0, 0.05) is 5.19 Å². The van der Waals surface area contributed by atoms with E-state index in [1.165, 1.54) is 0 Å². The van der Waals surface area contributed by atoms with Crippen LogP contribution in [0.1, 0.15) is 0 Å². The Bertz CT molecular complexity index is 433. The summed E-state index contributed by atoms with van der Waals surface area (Å²) in [5.74, 6) is -0.429. The van der Waals surface area contributed by atoms with Crippen molar-refractivity contribution in [3.63, 3.8) is 0 Å². The van der Waals surface area contributed by atoms with Gasteiger partial charge in [-0.15, -0.1) is 13.2 Å². The van der Waals surface area contributed by atoms with Crippen molar-refractivity contribution in [2.75, 3.05) is 0 Å². The van der Waals surface area contributed by atoms with Crippen LogP contribution in [0.3, 0.4) is 0 Å². The van der Waals surface area contributed by atoms with Crippen LogP contribution in [0.4, 0.5) is 13.2 Å². The lowest BCUT2D eigenvalue weighted by molar-refractivity contribution is -0.275. The normalized spacial score (nSPS) is 12.7. The Hall–Kier alpha value is -0.0231. The molecule has 0 aromatic carbocycles. The van der Waals surface area contributed by atoms with E-state index < -0.39 is 20.3 Å². The summed E-state index contributed by atoms with van der Waals surface area (Å²) in [5, 5.41) is 0.524. The summed E-state index contributed by atoms with van der Waals surface area (Å²) in [6, 6.07) is 1.61. The third-order valence-electron chi connectivity index (χ3n) is 1.92. The molecule has 0 atom stereocenters. The zero-order valence-electron chi connectivity index (χ0n) is 9.32. The molecular weight excluding hydrogens is 386 g/mol. The van der Waals surface area contributed by atoms with Gasteiger partial charge in [-0.1, -0.05) is 31.2 Å². The molecule has 0 fully saturated rings. The van der Waals surface area contributed by atoms with Gasteiger partial charge in [0.25, 0.3) is 0 Å². The van der Waals surface area contributed by atoms with Crippen molar-refractivity contribution < 1.29 is 17.9 Å². The van der Waals surface area contributed by atoms with Crippen LogP contribution in [-0.2, 0) is 0 Å². The first-order valence-corrected chi connectivity index (χ1v) is 9.58. The number of halogens is 5. The predicted molar refractivity (Wildman–Crippen MR) is 71.6 cm³/mol. The first-order chi connectivity index (χ1) is 7.50. The fourth-order valence-electron chi connectivity index (χ4n) is 1.18. The predicted octanol–water partition coefficient (Wildman–Crippen LogP) is 3.78. The van der Waals surface area contributed by atoms with Crippen LogP contribution in [0.15, 0.2) is 6.07 Å². The van der Waals surface area contributed by atoms with Crippen LogP contribution in [0.5, 0.6) is 5.88 Å². The van der Waals surface area contributed by atoms with Crippen molar-refractivity contribution in [3.05, 3.63) is 14.8 Å². The summed E-state index contributed by atoms with van der Waals surface area (Å²) in [7, 11) is -1.98. The quantitative estimate of drug-likeness (QED) is 0.432. The van der Waals surface area contributed by atoms with E-state index in [9.17, 15) is 13.2 Å². The number of rotatable bonds is 2. The first-order valence-electron chi connectivity index (χ1n) is 4.63. The van der Waals surface area contributed by atoms with Crippen molar-refractivity contribution in [1.82, 2.24) is 4.98 Å².